The second-order valence-corrected chi connectivity index (χ2v) is 5.60. The lowest BCUT2D eigenvalue weighted by atomic mass is 10.1. The molecule has 0 radical (unpaired) electrons. The van der Waals surface area contributed by atoms with Crippen LogP contribution in [0.1, 0.15) is 6.92 Å². The Morgan fingerprint density at radius 2 is 2.00 bits per heavy atom. The summed E-state index contributed by atoms with van der Waals surface area (Å²) in [7, 11) is 3.18. The molecule has 1 unspecified atom stereocenters. The van der Waals surface area contributed by atoms with Gasteiger partial charge in [-0.1, -0.05) is 6.92 Å². The van der Waals surface area contributed by atoms with Crippen molar-refractivity contribution in [2.24, 2.45) is 5.92 Å². The monoisotopic (exact) mass is 307 g/mol. The number of benzene rings is 1. The Hall–Kier alpha value is -1.95. The van der Waals surface area contributed by atoms with Gasteiger partial charge in [0.1, 0.15) is 5.03 Å². The largest absolute Gasteiger partial charge is 0.493 e. The fourth-order valence-corrected chi connectivity index (χ4v) is 2.88. The van der Waals surface area contributed by atoms with Gasteiger partial charge in [0.05, 0.1) is 20.1 Å². The van der Waals surface area contributed by atoms with Crippen LogP contribution in [0.2, 0.25) is 0 Å². The number of aromatic nitrogens is 1. The number of aliphatic carboxylic acids is 1. The van der Waals surface area contributed by atoms with E-state index in [1.54, 1.807) is 27.3 Å². The molecule has 0 fully saturated rings. The molecule has 2 rings (SSSR count). The number of nitrogens with zero attached hydrogens (tertiary/aromatic N) is 1. The molecule has 1 N–H and O–H groups in total. The number of ether oxygens (including phenoxy) is 2. The van der Waals surface area contributed by atoms with Crippen molar-refractivity contribution in [3.8, 4) is 11.5 Å². The van der Waals surface area contributed by atoms with Crippen molar-refractivity contribution in [2.45, 2.75) is 11.9 Å². The zero-order valence-corrected chi connectivity index (χ0v) is 12.9. The molecule has 1 heterocycles. The van der Waals surface area contributed by atoms with Crippen LogP contribution in [-0.2, 0) is 4.79 Å². The maximum absolute atomic E-state index is 10.9. The first-order chi connectivity index (χ1) is 10.1. The van der Waals surface area contributed by atoms with Crippen LogP contribution in [-0.4, -0.2) is 36.0 Å². The first kappa shape index (κ1) is 15.4. The normalized spacial score (nSPS) is 12.1. The minimum absolute atomic E-state index is 0.424. The van der Waals surface area contributed by atoms with Gasteiger partial charge in [-0.15, -0.1) is 11.8 Å². The molecule has 1 aromatic carbocycles. The van der Waals surface area contributed by atoms with Gasteiger partial charge in [-0.3, -0.25) is 4.79 Å². The number of carboxylic acid groups (broad SMARTS) is 1. The number of carboxylic acids is 1. The Labute approximate surface area is 127 Å². The number of carbonyl (C=O) groups is 1. The van der Waals surface area contributed by atoms with Gasteiger partial charge in [0.25, 0.3) is 0 Å². The summed E-state index contributed by atoms with van der Waals surface area (Å²) in [5.41, 5.74) is 0. The summed E-state index contributed by atoms with van der Waals surface area (Å²) in [6, 6.07) is 5.65. The second-order valence-electron chi connectivity index (χ2n) is 4.59. The molecule has 0 aliphatic rings. The van der Waals surface area contributed by atoms with E-state index in [0.717, 1.165) is 15.8 Å². The van der Waals surface area contributed by atoms with Gasteiger partial charge in [-0.05, 0) is 23.6 Å². The van der Waals surface area contributed by atoms with Gasteiger partial charge in [-0.2, -0.15) is 0 Å². The van der Waals surface area contributed by atoms with Crippen LogP contribution in [0.5, 0.6) is 11.5 Å². The highest BCUT2D eigenvalue weighted by atomic mass is 32.2. The predicted octanol–water partition coefficient (Wildman–Crippen LogP) is 3.06. The van der Waals surface area contributed by atoms with Crippen LogP contribution in [0, 0.1) is 5.92 Å². The van der Waals surface area contributed by atoms with Crippen LogP contribution in [0.3, 0.4) is 0 Å². The lowest BCUT2D eigenvalue weighted by Gasteiger charge is -2.12. The van der Waals surface area contributed by atoms with E-state index in [4.69, 9.17) is 14.6 Å². The molecule has 0 spiro atoms. The molecule has 0 amide bonds. The third kappa shape index (κ3) is 3.39. The molecule has 0 aliphatic carbocycles. The average Bonchev–Trinajstić information content (AvgIpc) is 2.50. The number of rotatable bonds is 6. The Morgan fingerprint density at radius 1 is 1.33 bits per heavy atom. The number of fused-ring (bicyclic) bond motifs is 1. The number of thioether (sulfide) groups is 1. The summed E-state index contributed by atoms with van der Waals surface area (Å²) in [4.78, 5) is 15.2. The van der Waals surface area contributed by atoms with E-state index < -0.39 is 11.9 Å². The molecule has 6 heteroatoms. The molecule has 1 atom stereocenters. The summed E-state index contributed by atoms with van der Waals surface area (Å²) in [5.74, 6) is 0.530. The Kier molecular flexibility index (Phi) is 4.90. The Balaban J connectivity index is 2.38. The molecule has 112 valence electrons. The fraction of sp³-hybridized carbons (Fsp3) is 0.333. The van der Waals surface area contributed by atoms with Gasteiger partial charge in [0.2, 0.25) is 0 Å². The van der Waals surface area contributed by atoms with Crippen molar-refractivity contribution in [3.05, 3.63) is 24.4 Å². The number of hydrogen-bond donors (Lipinski definition) is 1. The molecule has 1 aromatic heterocycles. The number of pyridine rings is 1. The molecule has 0 aliphatic heterocycles. The van der Waals surface area contributed by atoms with E-state index >= 15 is 0 Å². The third-order valence-electron chi connectivity index (χ3n) is 3.12. The lowest BCUT2D eigenvalue weighted by Crippen LogP contribution is -2.11. The summed E-state index contributed by atoms with van der Waals surface area (Å²) in [6.45, 7) is 1.68. The highest BCUT2D eigenvalue weighted by Gasteiger charge is 2.14. The zero-order valence-electron chi connectivity index (χ0n) is 12.1. The summed E-state index contributed by atoms with van der Waals surface area (Å²) in [6.07, 6.45) is 1.71. The standard InChI is InChI=1S/C15H17NO4S/c1-9(15(17)18)8-21-14-11-7-13(20-3)12(19-2)6-10(11)4-5-16-14/h4-7,9H,8H2,1-3H3,(H,17,18). The maximum Gasteiger partial charge on any atom is 0.307 e. The van der Waals surface area contributed by atoms with Crippen molar-refractivity contribution < 1.29 is 19.4 Å². The van der Waals surface area contributed by atoms with Crippen LogP contribution in [0.15, 0.2) is 29.4 Å². The minimum Gasteiger partial charge on any atom is -0.493 e. The molecule has 0 saturated carbocycles. The smallest absolute Gasteiger partial charge is 0.307 e. The van der Waals surface area contributed by atoms with E-state index in [0.29, 0.717) is 17.3 Å². The predicted molar refractivity (Wildman–Crippen MR) is 82.4 cm³/mol. The summed E-state index contributed by atoms with van der Waals surface area (Å²) >= 11 is 1.43. The van der Waals surface area contributed by atoms with E-state index in [1.807, 2.05) is 18.2 Å². The van der Waals surface area contributed by atoms with Crippen LogP contribution >= 0.6 is 11.8 Å². The van der Waals surface area contributed by atoms with Gasteiger partial charge >= 0.3 is 5.97 Å². The first-order valence-electron chi connectivity index (χ1n) is 6.43. The zero-order chi connectivity index (χ0) is 15.4. The number of methoxy groups -OCH3 is 2. The number of hydrogen-bond acceptors (Lipinski definition) is 5. The average molecular weight is 307 g/mol. The SMILES string of the molecule is COc1cc2ccnc(SCC(C)C(=O)O)c2cc1OC. The summed E-state index contributed by atoms with van der Waals surface area (Å²) in [5, 5.41) is 11.7. The van der Waals surface area contributed by atoms with Crippen LogP contribution < -0.4 is 9.47 Å². The first-order valence-corrected chi connectivity index (χ1v) is 7.41. The van der Waals surface area contributed by atoms with E-state index in [-0.39, 0.29) is 0 Å². The second kappa shape index (κ2) is 6.67. The van der Waals surface area contributed by atoms with Gasteiger partial charge < -0.3 is 14.6 Å². The Bertz CT molecular complexity index is 659. The lowest BCUT2D eigenvalue weighted by molar-refractivity contribution is -0.140. The molecular weight excluding hydrogens is 290 g/mol. The summed E-state index contributed by atoms with van der Waals surface area (Å²) < 4.78 is 10.6. The third-order valence-corrected chi connectivity index (χ3v) is 4.39. The maximum atomic E-state index is 10.9. The van der Waals surface area contributed by atoms with Crippen molar-refractivity contribution in [2.75, 3.05) is 20.0 Å². The van der Waals surface area contributed by atoms with Gasteiger partial charge in [0, 0.05) is 17.3 Å². The van der Waals surface area contributed by atoms with Crippen LogP contribution in [0.25, 0.3) is 10.8 Å². The van der Waals surface area contributed by atoms with Crippen molar-refractivity contribution in [1.82, 2.24) is 4.98 Å². The van der Waals surface area contributed by atoms with Gasteiger partial charge in [-0.25, -0.2) is 4.98 Å². The molecule has 2 aromatic rings. The van der Waals surface area contributed by atoms with Crippen molar-refractivity contribution in [3.63, 3.8) is 0 Å². The molecule has 21 heavy (non-hydrogen) atoms. The van der Waals surface area contributed by atoms with Crippen LogP contribution in [0.4, 0.5) is 0 Å². The van der Waals surface area contributed by atoms with E-state index in [2.05, 4.69) is 4.98 Å². The van der Waals surface area contributed by atoms with E-state index in [1.165, 1.54) is 11.8 Å². The topological polar surface area (TPSA) is 68.7 Å². The minimum atomic E-state index is -0.804. The van der Waals surface area contributed by atoms with Crippen molar-refractivity contribution in [1.29, 1.82) is 0 Å². The Morgan fingerprint density at radius 3 is 2.62 bits per heavy atom. The highest BCUT2D eigenvalue weighted by molar-refractivity contribution is 7.99. The van der Waals surface area contributed by atoms with Gasteiger partial charge in [0.15, 0.2) is 11.5 Å². The highest BCUT2D eigenvalue weighted by Crippen LogP contribution is 2.36. The molecule has 0 saturated heterocycles. The quantitative estimate of drug-likeness (QED) is 0.827. The molecular formula is C15H17NO4S. The van der Waals surface area contributed by atoms with Crippen molar-refractivity contribution >= 4 is 28.5 Å². The molecule has 0 bridgehead atoms. The fourth-order valence-electron chi connectivity index (χ4n) is 1.86. The molecule has 5 nitrogen and oxygen atoms in total. The van der Waals surface area contributed by atoms with E-state index in [9.17, 15) is 4.79 Å².